The van der Waals surface area contributed by atoms with E-state index in [1.807, 2.05) is 32.0 Å². The van der Waals surface area contributed by atoms with Gasteiger partial charge in [-0.3, -0.25) is 14.5 Å². The second-order valence-electron chi connectivity index (χ2n) is 7.73. The number of pyridine rings is 1. The summed E-state index contributed by atoms with van der Waals surface area (Å²) in [6.45, 7) is 4.22. The summed E-state index contributed by atoms with van der Waals surface area (Å²) in [6, 6.07) is 17.0. The topological polar surface area (TPSA) is 81.9 Å². The molecule has 4 aromatic rings. The summed E-state index contributed by atoms with van der Waals surface area (Å²) in [5, 5.41) is 0.422. The molecule has 0 saturated heterocycles. The Kier molecular flexibility index (Phi) is 5.09. The molecule has 1 amide bonds. The van der Waals surface area contributed by atoms with Crippen LogP contribution in [-0.4, -0.2) is 24.6 Å². The Morgan fingerprint density at radius 2 is 1.85 bits per heavy atom. The van der Waals surface area contributed by atoms with E-state index in [9.17, 15) is 9.59 Å². The van der Waals surface area contributed by atoms with E-state index in [4.69, 9.17) is 13.9 Å². The van der Waals surface area contributed by atoms with Gasteiger partial charge in [0.25, 0.3) is 5.91 Å². The summed E-state index contributed by atoms with van der Waals surface area (Å²) in [5.41, 5.74) is 1.86. The second-order valence-corrected chi connectivity index (χ2v) is 7.73. The minimum atomic E-state index is -0.729. The maximum atomic E-state index is 13.6. The average Bonchev–Trinajstić information content (AvgIpc) is 3.12. The summed E-state index contributed by atoms with van der Waals surface area (Å²) in [4.78, 5) is 33.3. The normalized spacial score (nSPS) is 15.1. The summed E-state index contributed by atoms with van der Waals surface area (Å²) < 4.78 is 17.1. The number of aryl methyl sites for hydroxylation is 1. The number of para-hydroxylation sites is 1. The van der Waals surface area contributed by atoms with Crippen LogP contribution in [-0.2, 0) is 0 Å². The van der Waals surface area contributed by atoms with Crippen molar-refractivity contribution in [1.29, 1.82) is 0 Å². The van der Waals surface area contributed by atoms with E-state index in [2.05, 4.69) is 4.98 Å². The van der Waals surface area contributed by atoms with Crippen LogP contribution in [0.5, 0.6) is 11.5 Å². The van der Waals surface area contributed by atoms with Gasteiger partial charge >= 0.3 is 0 Å². The first-order chi connectivity index (χ1) is 16.0. The Hall–Kier alpha value is -4.13. The third-order valence-electron chi connectivity index (χ3n) is 5.70. The van der Waals surface area contributed by atoms with Crippen LogP contribution >= 0.6 is 0 Å². The molecule has 0 aliphatic carbocycles. The van der Waals surface area contributed by atoms with Crippen molar-refractivity contribution in [3.8, 4) is 11.5 Å². The van der Waals surface area contributed by atoms with Crippen LogP contribution in [0.4, 0.5) is 5.82 Å². The van der Waals surface area contributed by atoms with Gasteiger partial charge in [-0.1, -0.05) is 24.3 Å². The largest absolute Gasteiger partial charge is 0.493 e. The lowest BCUT2D eigenvalue weighted by molar-refractivity contribution is 0.0970. The fourth-order valence-corrected chi connectivity index (χ4v) is 4.26. The molecule has 2 aromatic heterocycles. The Labute approximate surface area is 190 Å². The molecule has 5 rings (SSSR count). The molecule has 7 nitrogen and oxygen atoms in total. The standard InChI is InChI=1S/C26H22N2O5/c1-4-32-19-13-12-16(14-20(19)31-3)23-22-24(29)17-9-5-6-10-18(17)33-25(22)26(30)28(23)21-11-7-8-15(2)27-21/h5-14,23H,4H2,1-3H3. The van der Waals surface area contributed by atoms with Gasteiger partial charge in [-0.05, 0) is 55.8 Å². The molecule has 7 heteroatoms. The third kappa shape index (κ3) is 3.33. The Bertz CT molecular complexity index is 1440. The highest BCUT2D eigenvalue weighted by Crippen LogP contribution is 2.42. The molecule has 0 fully saturated rings. The van der Waals surface area contributed by atoms with E-state index in [0.29, 0.717) is 40.5 Å². The molecule has 1 unspecified atom stereocenters. The molecule has 0 saturated carbocycles. The molecule has 33 heavy (non-hydrogen) atoms. The highest BCUT2D eigenvalue weighted by Gasteiger charge is 2.44. The van der Waals surface area contributed by atoms with Crippen LogP contribution in [0, 0.1) is 6.92 Å². The number of aromatic nitrogens is 1. The smallest absolute Gasteiger partial charge is 0.296 e. The number of rotatable bonds is 5. The number of carbonyl (C=O) groups is 1. The Morgan fingerprint density at radius 1 is 1.03 bits per heavy atom. The third-order valence-corrected chi connectivity index (χ3v) is 5.70. The number of ether oxygens (including phenoxy) is 2. The molecule has 166 valence electrons. The number of amides is 1. The Balaban J connectivity index is 1.79. The van der Waals surface area contributed by atoms with Crippen molar-refractivity contribution >= 4 is 22.7 Å². The Morgan fingerprint density at radius 3 is 2.61 bits per heavy atom. The highest BCUT2D eigenvalue weighted by molar-refractivity contribution is 6.10. The van der Waals surface area contributed by atoms with Gasteiger partial charge in [-0.2, -0.15) is 0 Å². The summed E-state index contributed by atoms with van der Waals surface area (Å²) in [5.74, 6) is 1.15. The molecule has 1 aliphatic heterocycles. The summed E-state index contributed by atoms with van der Waals surface area (Å²) in [7, 11) is 1.55. The van der Waals surface area contributed by atoms with E-state index in [1.54, 1.807) is 49.6 Å². The summed E-state index contributed by atoms with van der Waals surface area (Å²) >= 11 is 0. The van der Waals surface area contributed by atoms with Gasteiger partial charge in [-0.25, -0.2) is 4.98 Å². The lowest BCUT2D eigenvalue weighted by Crippen LogP contribution is -2.30. The van der Waals surface area contributed by atoms with Crippen LogP contribution in [0.15, 0.2) is 69.9 Å². The zero-order valence-electron chi connectivity index (χ0n) is 18.5. The predicted molar refractivity (Wildman–Crippen MR) is 124 cm³/mol. The van der Waals surface area contributed by atoms with Crippen molar-refractivity contribution in [2.24, 2.45) is 0 Å². The van der Waals surface area contributed by atoms with Crippen molar-refractivity contribution in [3.63, 3.8) is 0 Å². The van der Waals surface area contributed by atoms with Gasteiger partial charge in [0, 0.05) is 5.69 Å². The van der Waals surface area contributed by atoms with Gasteiger partial charge in [0.15, 0.2) is 16.9 Å². The number of benzene rings is 2. The zero-order valence-corrected chi connectivity index (χ0v) is 18.5. The number of hydrogen-bond acceptors (Lipinski definition) is 6. The first-order valence-electron chi connectivity index (χ1n) is 10.7. The van der Waals surface area contributed by atoms with Crippen molar-refractivity contribution in [2.45, 2.75) is 19.9 Å². The average molecular weight is 442 g/mol. The van der Waals surface area contributed by atoms with Crippen molar-refractivity contribution in [3.05, 3.63) is 93.5 Å². The van der Waals surface area contributed by atoms with E-state index in [1.165, 1.54) is 4.90 Å². The fraction of sp³-hybridized carbons (Fsp3) is 0.192. The van der Waals surface area contributed by atoms with Crippen LogP contribution in [0.25, 0.3) is 11.0 Å². The van der Waals surface area contributed by atoms with Crippen LogP contribution in [0.2, 0.25) is 0 Å². The van der Waals surface area contributed by atoms with Gasteiger partial charge < -0.3 is 13.9 Å². The molecular formula is C26H22N2O5. The molecule has 3 heterocycles. The first kappa shape index (κ1) is 20.8. The van der Waals surface area contributed by atoms with Crippen LogP contribution < -0.4 is 19.8 Å². The lowest BCUT2D eigenvalue weighted by atomic mass is 9.98. The molecule has 0 bridgehead atoms. The quantitative estimate of drug-likeness (QED) is 0.447. The minimum absolute atomic E-state index is 0.0276. The van der Waals surface area contributed by atoms with Gasteiger partial charge in [0.2, 0.25) is 5.76 Å². The van der Waals surface area contributed by atoms with E-state index in [-0.39, 0.29) is 16.8 Å². The van der Waals surface area contributed by atoms with Gasteiger partial charge in [0.05, 0.1) is 30.7 Å². The van der Waals surface area contributed by atoms with Crippen molar-refractivity contribution in [2.75, 3.05) is 18.6 Å². The van der Waals surface area contributed by atoms with E-state index >= 15 is 0 Å². The predicted octanol–water partition coefficient (Wildman–Crippen LogP) is 4.65. The molecule has 0 spiro atoms. The van der Waals surface area contributed by atoms with Gasteiger partial charge in [0.1, 0.15) is 11.4 Å². The molecule has 1 atom stereocenters. The lowest BCUT2D eigenvalue weighted by Gasteiger charge is -2.25. The number of carbonyl (C=O) groups excluding carboxylic acids is 1. The SMILES string of the molecule is CCOc1ccc(C2c3c(oc4ccccc4c3=O)C(=O)N2c2cccc(C)n2)cc1OC. The van der Waals surface area contributed by atoms with Crippen LogP contribution in [0.1, 0.15) is 40.3 Å². The zero-order chi connectivity index (χ0) is 23.1. The fourth-order valence-electron chi connectivity index (χ4n) is 4.26. The molecule has 1 aliphatic rings. The minimum Gasteiger partial charge on any atom is -0.493 e. The molecule has 2 aromatic carbocycles. The maximum absolute atomic E-state index is 13.6. The highest BCUT2D eigenvalue weighted by atomic mass is 16.5. The van der Waals surface area contributed by atoms with Crippen molar-refractivity contribution < 1.29 is 18.7 Å². The monoisotopic (exact) mass is 442 g/mol. The van der Waals surface area contributed by atoms with Crippen LogP contribution in [0.3, 0.4) is 0 Å². The molecule has 0 radical (unpaired) electrons. The molecular weight excluding hydrogens is 420 g/mol. The number of nitrogens with zero attached hydrogens (tertiary/aromatic N) is 2. The maximum Gasteiger partial charge on any atom is 0.296 e. The second kappa shape index (κ2) is 8.09. The number of hydrogen-bond donors (Lipinski definition) is 0. The van der Waals surface area contributed by atoms with E-state index < -0.39 is 11.9 Å². The van der Waals surface area contributed by atoms with Gasteiger partial charge in [-0.15, -0.1) is 0 Å². The number of fused-ring (bicyclic) bond motifs is 2. The molecule has 0 N–H and O–H groups in total. The number of anilines is 1. The number of methoxy groups -OCH3 is 1. The van der Waals surface area contributed by atoms with E-state index in [0.717, 1.165) is 5.69 Å². The van der Waals surface area contributed by atoms with Crippen molar-refractivity contribution in [1.82, 2.24) is 4.98 Å². The summed E-state index contributed by atoms with van der Waals surface area (Å²) in [6.07, 6.45) is 0. The first-order valence-corrected chi connectivity index (χ1v) is 10.7.